The summed E-state index contributed by atoms with van der Waals surface area (Å²) < 4.78 is 30.6. The van der Waals surface area contributed by atoms with E-state index < -0.39 is 15.6 Å². The maximum absolute atomic E-state index is 12.3. The van der Waals surface area contributed by atoms with Gasteiger partial charge in [-0.2, -0.15) is 0 Å². The van der Waals surface area contributed by atoms with Gasteiger partial charge < -0.3 is 19.4 Å². The van der Waals surface area contributed by atoms with Crippen LogP contribution in [0.15, 0.2) is 29.2 Å². The lowest BCUT2D eigenvalue weighted by Gasteiger charge is -2.44. The topological polar surface area (TPSA) is 83.8 Å². The van der Waals surface area contributed by atoms with Crippen LogP contribution in [-0.2, 0) is 20.4 Å². The van der Waals surface area contributed by atoms with Gasteiger partial charge in [0.25, 0.3) is 0 Å². The Kier molecular flexibility index (Phi) is 5.71. The average molecular weight is 358 g/mol. The van der Waals surface area contributed by atoms with E-state index in [1.54, 1.807) is 12.1 Å². The minimum Gasteiger partial charge on any atom is -0.391 e. The highest BCUT2D eigenvalue weighted by Gasteiger charge is 2.44. The number of aliphatic hydroxyl groups is 2. The molecule has 1 aliphatic rings. The summed E-state index contributed by atoms with van der Waals surface area (Å²) in [6, 6.07) is 6.28. The van der Waals surface area contributed by atoms with E-state index in [1.807, 2.05) is 20.9 Å². The van der Waals surface area contributed by atoms with E-state index in [0.717, 1.165) is 0 Å². The molecular formula is C17H28NO5S+. The summed E-state index contributed by atoms with van der Waals surface area (Å²) in [4.78, 5) is 0.256. The number of sulfone groups is 1. The van der Waals surface area contributed by atoms with Crippen LogP contribution in [0.5, 0.6) is 0 Å². The predicted molar refractivity (Wildman–Crippen MR) is 91.1 cm³/mol. The van der Waals surface area contributed by atoms with Crippen molar-refractivity contribution in [2.75, 3.05) is 45.6 Å². The lowest BCUT2D eigenvalue weighted by Crippen LogP contribution is -2.60. The number of rotatable bonds is 6. The lowest BCUT2D eigenvalue weighted by atomic mass is 10.0. The molecule has 1 aromatic rings. The fourth-order valence-electron chi connectivity index (χ4n) is 3.14. The second-order valence-electron chi connectivity index (χ2n) is 7.28. The van der Waals surface area contributed by atoms with Crippen molar-refractivity contribution in [1.29, 1.82) is 0 Å². The molecule has 0 spiro atoms. The van der Waals surface area contributed by atoms with E-state index in [4.69, 9.17) is 4.74 Å². The molecule has 6 nitrogen and oxygen atoms in total. The highest BCUT2D eigenvalue weighted by atomic mass is 32.2. The molecule has 0 saturated carbocycles. The summed E-state index contributed by atoms with van der Waals surface area (Å²) in [6.45, 7) is 5.70. The molecule has 2 N–H and O–H groups in total. The van der Waals surface area contributed by atoms with E-state index in [2.05, 4.69) is 0 Å². The number of nitrogens with zero attached hydrogens (tertiary/aromatic N) is 1. The summed E-state index contributed by atoms with van der Waals surface area (Å²) in [7, 11) is -1.35. The number of aliphatic hydroxyl groups excluding tert-OH is 1. The number of ether oxygens (including phenoxy) is 1. The summed E-state index contributed by atoms with van der Waals surface area (Å²) >= 11 is 0. The van der Waals surface area contributed by atoms with Crippen molar-refractivity contribution in [3.63, 3.8) is 0 Å². The minimum absolute atomic E-state index is 0.0406. The number of hydrogen-bond acceptors (Lipinski definition) is 5. The molecule has 0 radical (unpaired) electrons. The molecule has 1 heterocycles. The second-order valence-corrected chi connectivity index (χ2v) is 9.32. The third-order valence-electron chi connectivity index (χ3n) is 4.43. The van der Waals surface area contributed by atoms with Crippen molar-refractivity contribution < 1.29 is 27.9 Å². The Hall–Kier alpha value is -0.990. The third kappa shape index (κ3) is 4.34. The molecule has 7 heteroatoms. The summed E-state index contributed by atoms with van der Waals surface area (Å²) in [5.41, 5.74) is 0.535. The zero-order valence-corrected chi connectivity index (χ0v) is 15.4. The number of benzene rings is 1. The van der Waals surface area contributed by atoms with Crippen molar-refractivity contribution in [3.8, 4) is 0 Å². The Labute approximate surface area is 144 Å². The third-order valence-corrected chi connectivity index (χ3v) is 6.52. The number of quaternary nitrogens is 1. The molecule has 1 saturated heterocycles. The molecule has 2 atom stereocenters. The van der Waals surface area contributed by atoms with Crippen molar-refractivity contribution in [2.24, 2.45) is 5.92 Å². The molecule has 136 valence electrons. The first kappa shape index (κ1) is 19.3. The molecule has 0 aromatic heterocycles. The van der Waals surface area contributed by atoms with Gasteiger partial charge in [-0.15, -0.1) is 0 Å². The standard InChI is InChI=1S/C17H28NO5S/c1-14(2)12-24(21,22)16-6-4-15(5-7-16)17(20)13-18(3,8-10-19)9-11-23-17/h4-7,14,19-20H,8-13H2,1-3H3/q+1/t17-,18+/m0/s1. The van der Waals surface area contributed by atoms with Crippen LogP contribution in [0.25, 0.3) is 0 Å². The quantitative estimate of drug-likeness (QED) is 0.733. The van der Waals surface area contributed by atoms with Crippen molar-refractivity contribution in [3.05, 3.63) is 29.8 Å². The molecular weight excluding hydrogens is 330 g/mol. The molecule has 0 amide bonds. The van der Waals surface area contributed by atoms with Gasteiger partial charge in [-0.3, -0.25) is 0 Å². The van der Waals surface area contributed by atoms with Crippen LogP contribution in [0, 0.1) is 5.92 Å². The van der Waals surface area contributed by atoms with Gasteiger partial charge in [-0.1, -0.05) is 26.0 Å². The monoisotopic (exact) mass is 358 g/mol. The minimum atomic E-state index is -3.32. The predicted octanol–water partition coefficient (Wildman–Crippen LogP) is 0.730. The van der Waals surface area contributed by atoms with Crippen LogP contribution >= 0.6 is 0 Å². The summed E-state index contributed by atoms with van der Waals surface area (Å²) in [5.74, 6) is -1.32. The van der Waals surface area contributed by atoms with Crippen LogP contribution in [-0.4, -0.2) is 68.8 Å². The normalized spacial score (nSPS) is 28.2. The lowest BCUT2D eigenvalue weighted by molar-refractivity contribution is -0.930. The van der Waals surface area contributed by atoms with Gasteiger partial charge in [-0.05, 0) is 18.1 Å². The molecule has 0 unspecified atom stereocenters. The molecule has 2 rings (SSSR count). The van der Waals surface area contributed by atoms with Crippen LogP contribution in [0.3, 0.4) is 0 Å². The van der Waals surface area contributed by atoms with E-state index in [1.165, 1.54) is 12.1 Å². The molecule has 1 aromatic carbocycles. The summed E-state index contributed by atoms with van der Waals surface area (Å²) in [5, 5.41) is 20.1. The van der Waals surface area contributed by atoms with Gasteiger partial charge in [-0.25, -0.2) is 8.42 Å². The number of hydrogen-bond donors (Lipinski definition) is 2. The smallest absolute Gasteiger partial charge is 0.243 e. The number of likely N-dealkylation sites (N-methyl/N-ethyl adjacent to an activating group) is 1. The summed E-state index contributed by atoms with van der Waals surface area (Å²) in [6.07, 6.45) is 0. The molecule has 0 aliphatic carbocycles. The first-order valence-electron chi connectivity index (χ1n) is 8.24. The van der Waals surface area contributed by atoms with E-state index in [-0.39, 0.29) is 23.2 Å². The van der Waals surface area contributed by atoms with E-state index in [0.29, 0.717) is 36.3 Å². The van der Waals surface area contributed by atoms with Crippen molar-refractivity contribution in [2.45, 2.75) is 24.5 Å². The number of morpholine rings is 1. The molecule has 1 fully saturated rings. The molecule has 0 bridgehead atoms. The average Bonchev–Trinajstić information content (AvgIpc) is 2.46. The highest BCUT2D eigenvalue weighted by molar-refractivity contribution is 7.91. The van der Waals surface area contributed by atoms with Crippen LogP contribution < -0.4 is 0 Å². The van der Waals surface area contributed by atoms with Gasteiger partial charge in [0.05, 0.1) is 30.9 Å². The Morgan fingerprint density at radius 3 is 2.46 bits per heavy atom. The maximum atomic E-state index is 12.3. The Balaban J connectivity index is 2.24. The second kappa shape index (κ2) is 7.09. The van der Waals surface area contributed by atoms with Gasteiger partial charge in [0, 0.05) is 5.56 Å². The van der Waals surface area contributed by atoms with Gasteiger partial charge in [0.2, 0.25) is 5.79 Å². The SMILES string of the molecule is CC(C)CS(=O)(=O)c1ccc([C@]2(O)C[N@+](C)(CCO)CCO2)cc1. The first-order chi connectivity index (χ1) is 11.1. The largest absolute Gasteiger partial charge is 0.391 e. The zero-order valence-electron chi connectivity index (χ0n) is 14.6. The first-order valence-corrected chi connectivity index (χ1v) is 9.89. The van der Waals surface area contributed by atoms with E-state index >= 15 is 0 Å². The van der Waals surface area contributed by atoms with Gasteiger partial charge in [0.1, 0.15) is 19.6 Å². The van der Waals surface area contributed by atoms with Crippen LogP contribution in [0.2, 0.25) is 0 Å². The maximum Gasteiger partial charge on any atom is 0.243 e. The molecule has 24 heavy (non-hydrogen) atoms. The highest BCUT2D eigenvalue weighted by Crippen LogP contribution is 2.30. The van der Waals surface area contributed by atoms with Gasteiger partial charge in [0.15, 0.2) is 9.84 Å². The Morgan fingerprint density at radius 2 is 1.92 bits per heavy atom. The van der Waals surface area contributed by atoms with Crippen molar-refractivity contribution >= 4 is 9.84 Å². The Morgan fingerprint density at radius 1 is 1.29 bits per heavy atom. The molecule has 1 aliphatic heterocycles. The van der Waals surface area contributed by atoms with Crippen molar-refractivity contribution in [1.82, 2.24) is 0 Å². The zero-order chi connectivity index (χ0) is 18.0. The van der Waals surface area contributed by atoms with E-state index in [9.17, 15) is 18.6 Å². The Bertz CT molecular complexity index is 654. The van der Waals surface area contributed by atoms with Crippen LogP contribution in [0.1, 0.15) is 19.4 Å². The van der Waals surface area contributed by atoms with Crippen LogP contribution in [0.4, 0.5) is 0 Å². The fourth-order valence-corrected chi connectivity index (χ4v) is 4.76. The fraction of sp³-hybridized carbons (Fsp3) is 0.647. The van der Waals surface area contributed by atoms with Gasteiger partial charge >= 0.3 is 0 Å².